The van der Waals surface area contributed by atoms with Gasteiger partial charge in [0.05, 0.1) is 20.3 Å². The van der Waals surface area contributed by atoms with Gasteiger partial charge in [-0.2, -0.15) is 5.10 Å². The van der Waals surface area contributed by atoms with Gasteiger partial charge in [0.25, 0.3) is 0 Å². The molecule has 5 heteroatoms. The molecule has 1 unspecified atom stereocenters. The van der Waals surface area contributed by atoms with E-state index in [1.807, 2.05) is 25.1 Å². The second-order valence-electron chi connectivity index (χ2n) is 4.53. The SMILES string of the molecule is COc1ccc(C2CC(C)=NN2C(C)=O)cc1OC. The summed E-state index contributed by atoms with van der Waals surface area (Å²) in [4.78, 5) is 11.6. The number of ether oxygens (including phenoxy) is 2. The Hall–Kier alpha value is -2.04. The van der Waals surface area contributed by atoms with E-state index in [-0.39, 0.29) is 11.9 Å². The van der Waals surface area contributed by atoms with Crippen molar-refractivity contribution in [3.05, 3.63) is 23.8 Å². The molecular weight excluding hydrogens is 244 g/mol. The first kappa shape index (κ1) is 13.4. The molecule has 19 heavy (non-hydrogen) atoms. The number of carbonyl (C=O) groups is 1. The van der Waals surface area contributed by atoms with E-state index in [9.17, 15) is 4.79 Å². The van der Waals surface area contributed by atoms with Crippen LogP contribution in [0.4, 0.5) is 0 Å². The Morgan fingerprint density at radius 2 is 2.00 bits per heavy atom. The van der Waals surface area contributed by atoms with Crippen molar-refractivity contribution >= 4 is 11.6 Å². The molecule has 0 fully saturated rings. The number of hydrazone groups is 1. The lowest BCUT2D eigenvalue weighted by Crippen LogP contribution is -2.24. The summed E-state index contributed by atoms with van der Waals surface area (Å²) >= 11 is 0. The van der Waals surface area contributed by atoms with E-state index in [0.29, 0.717) is 11.5 Å². The normalized spacial score (nSPS) is 18.2. The van der Waals surface area contributed by atoms with Crippen molar-refractivity contribution in [2.75, 3.05) is 14.2 Å². The van der Waals surface area contributed by atoms with Crippen LogP contribution >= 0.6 is 0 Å². The van der Waals surface area contributed by atoms with Crippen molar-refractivity contribution in [2.24, 2.45) is 5.10 Å². The number of hydrogen-bond acceptors (Lipinski definition) is 4. The quantitative estimate of drug-likeness (QED) is 0.840. The summed E-state index contributed by atoms with van der Waals surface area (Å²) in [7, 11) is 3.20. The van der Waals surface area contributed by atoms with E-state index in [1.54, 1.807) is 14.2 Å². The Bertz CT molecular complexity index is 525. The molecule has 1 atom stereocenters. The van der Waals surface area contributed by atoms with Gasteiger partial charge in [-0.05, 0) is 24.6 Å². The summed E-state index contributed by atoms with van der Waals surface area (Å²) in [5.41, 5.74) is 1.95. The summed E-state index contributed by atoms with van der Waals surface area (Å²) in [5.74, 6) is 1.28. The van der Waals surface area contributed by atoms with E-state index < -0.39 is 0 Å². The van der Waals surface area contributed by atoms with Gasteiger partial charge in [-0.3, -0.25) is 4.79 Å². The van der Waals surface area contributed by atoms with Crippen LogP contribution in [-0.2, 0) is 4.79 Å². The first-order valence-electron chi connectivity index (χ1n) is 6.12. The number of rotatable bonds is 3. The van der Waals surface area contributed by atoms with Gasteiger partial charge in [-0.15, -0.1) is 0 Å². The molecule has 0 N–H and O–H groups in total. The highest BCUT2D eigenvalue weighted by molar-refractivity contribution is 5.87. The highest BCUT2D eigenvalue weighted by Crippen LogP contribution is 2.36. The van der Waals surface area contributed by atoms with Gasteiger partial charge in [0, 0.05) is 19.1 Å². The fourth-order valence-corrected chi connectivity index (χ4v) is 2.27. The zero-order valence-electron chi connectivity index (χ0n) is 11.6. The first-order valence-corrected chi connectivity index (χ1v) is 6.12. The minimum absolute atomic E-state index is 0.0580. The van der Waals surface area contributed by atoms with Crippen molar-refractivity contribution < 1.29 is 14.3 Å². The lowest BCUT2D eigenvalue weighted by Gasteiger charge is -2.21. The lowest BCUT2D eigenvalue weighted by molar-refractivity contribution is -0.130. The average molecular weight is 262 g/mol. The van der Waals surface area contributed by atoms with Crippen LogP contribution in [0.5, 0.6) is 11.5 Å². The van der Waals surface area contributed by atoms with Gasteiger partial charge < -0.3 is 9.47 Å². The van der Waals surface area contributed by atoms with Crippen molar-refractivity contribution in [3.63, 3.8) is 0 Å². The molecule has 0 spiro atoms. The third-order valence-corrected chi connectivity index (χ3v) is 3.18. The van der Waals surface area contributed by atoms with Crippen LogP contribution in [0.2, 0.25) is 0 Å². The maximum Gasteiger partial charge on any atom is 0.240 e. The second kappa shape index (κ2) is 5.30. The summed E-state index contributed by atoms with van der Waals surface area (Å²) < 4.78 is 10.5. The van der Waals surface area contributed by atoms with Gasteiger partial charge in [0.15, 0.2) is 11.5 Å². The molecule has 0 bridgehead atoms. The van der Waals surface area contributed by atoms with E-state index in [0.717, 1.165) is 17.7 Å². The molecule has 5 nitrogen and oxygen atoms in total. The number of carbonyl (C=O) groups excluding carboxylic acids is 1. The number of benzene rings is 1. The van der Waals surface area contributed by atoms with E-state index in [4.69, 9.17) is 9.47 Å². The van der Waals surface area contributed by atoms with Crippen LogP contribution in [0.3, 0.4) is 0 Å². The van der Waals surface area contributed by atoms with Crippen LogP contribution < -0.4 is 9.47 Å². The highest BCUT2D eigenvalue weighted by atomic mass is 16.5. The molecule has 102 valence electrons. The summed E-state index contributed by atoms with van der Waals surface area (Å²) in [6.07, 6.45) is 0.745. The third kappa shape index (κ3) is 2.54. The van der Waals surface area contributed by atoms with Crippen LogP contribution in [-0.4, -0.2) is 30.8 Å². The molecule has 1 aromatic carbocycles. The Labute approximate surface area is 112 Å². The van der Waals surface area contributed by atoms with Crippen molar-refractivity contribution in [3.8, 4) is 11.5 Å². The molecule has 0 saturated heterocycles. The minimum atomic E-state index is -0.0587. The first-order chi connectivity index (χ1) is 9.06. The maximum atomic E-state index is 11.6. The van der Waals surface area contributed by atoms with Gasteiger partial charge in [0.1, 0.15) is 0 Å². The number of amides is 1. The fraction of sp³-hybridized carbons (Fsp3) is 0.429. The molecule has 0 aromatic heterocycles. The monoisotopic (exact) mass is 262 g/mol. The summed E-state index contributed by atoms with van der Waals surface area (Å²) in [5, 5.41) is 5.80. The third-order valence-electron chi connectivity index (χ3n) is 3.18. The molecule has 1 aromatic rings. The molecule has 1 heterocycles. The molecule has 1 amide bonds. The van der Waals surface area contributed by atoms with E-state index in [2.05, 4.69) is 5.10 Å². The topological polar surface area (TPSA) is 51.1 Å². The highest BCUT2D eigenvalue weighted by Gasteiger charge is 2.29. The molecule has 0 aliphatic carbocycles. The predicted octanol–water partition coefficient (Wildman–Crippen LogP) is 2.37. The van der Waals surface area contributed by atoms with Crippen LogP contribution in [0.15, 0.2) is 23.3 Å². The Morgan fingerprint density at radius 3 is 2.58 bits per heavy atom. The Kier molecular flexibility index (Phi) is 3.74. The molecule has 1 aliphatic heterocycles. The van der Waals surface area contributed by atoms with Crippen LogP contribution in [0.1, 0.15) is 31.9 Å². The predicted molar refractivity (Wildman–Crippen MR) is 72.5 cm³/mol. The Balaban J connectivity index is 2.34. The van der Waals surface area contributed by atoms with E-state index >= 15 is 0 Å². The van der Waals surface area contributed by atoms with Gasteiger partial charge in [-0.1, -0.05) is 6.07 Å². The van der Waals surface area contributed by atoms with Gasteiger partial charge in [0.2, 0.25) is 5.91 Å². The number of hydrogen-bond donors (Lipinski definition) is 0. The zero-order chi connectivity index (χ0) is 14.0. The maximum absolute atomic E-state index is 11.6. The van der Waals surface area contributed by atoms with E-state index in [1.165, 1.54) is 11.9 Å². The molecule has 0 saturated carbocycles. The minimum Gasteiger partial charge on any atom is -0.493 e. The van der Waals surface area contributed by atoms with Gasteiger partial charge >= 0.3 is 0 Å². The standard InChI is InChI=1S/C14H18N2O3/c1-9-7-12(16(15-9)10(2)17)11-5-6-13(18-3)14(8-11)19-4/h5-6,8,12H,7H2,1-4H3. The van der Waals surface area contributed by atoms with Crippen molar-refractivity contribution in [2.45, 2.75) is 26.3 Å². The van der Waals surface area contributed by atoms with Crippen molar-refractivity contribution in [1.29, 1.82) is 0 Å². The number of nitrogens with zero attached hydrogens (tertiary/aromatic N) is 2. The fourth-order valence-electron chi connectivity index (χ4n) is 2.27. The largest absolute Gasteiger partial charge is 0.493 e. The molecule has 1 aliphatic rings. The molecular formula is C14H18N2O3. The van der Waals surface area contributed by atoms with Gasteiger partial charge in [-0.25, -0.2) is 5.01 Å². The summed E-state index contributed by atoms with van der Waals surface area (Å²) in [6, 6.07) is 5.63. The van der Waals surface area contributed by atoms with Crippen LogP contribution in [0, 0.1) is 0 Å². The van der Waals surface area contributed by atoms with Crippen molar-refractivity contribution in [1.82, 2.24) is 5.01 Å². The number of methoxy groups -OCH3 is 2. The Morgan fingerprint density at radius 1 is 1.32 bits per heavy atom. The molecule has 2 rings (SSSR count). The second-order valence-corrected chi connectivity index (χ2v) is 4.53. The molecule has 0 radical (unpaired) electrons. The smallest absolute Gasteiger partial charge is 0.240 e. The summed E-state index contributed by atoms with van der Waals surface area (Å²) in [6.45, 7) is 3.45. The van der Waals surface area contributed by atoms with Crippen LogP contribution in [0.25, 0.3) is 0 Å². The zero-order valence-corrected chi connectivity index (χ0v) is 11.6. The lowest BCUT2D eigenvalue weighted by atomic mass is 10.0. The average Bonchev–Trinajstić information content (AvgIpc) is 2.80.